The third-order valence-corrected chi connectivity index (χ3v) is 2.66. The average Bonchev–Trinajstić information content (AvgIpc) is 2.07. The van der Waals surface area contributed by atoms with Gasteiger partial charge in [0.25, 0.3) is 0 Å². The smallest absolute Gasteiger partial charge is 0.0193 e. The van der Waals surface area contributed by atoms with E-state index in [1.54, 1.807) is 0 Å². The number of hydrogen-bond donors (Lipinski definition) is 1. The molecule has 1 saturated heterocycles. The summed E-state index contributed by atoms with van der Waals surface area (Å²) >= 11 is 0. The molecule has 0 aromatic carbocycles. The molecular formula is C7H14ClN. The van der Waals surface area contributed by atoms with Crippen molar-refractivity contribution in [2.75, 3.05) is 6.54 Å². The molecule has 0 radical (unpaired) electrons. The number of hydrogen-bond acceptors (Lipinski definition) is 1. The van der Waals surface area contributed by atoms with Crippen molar-refractivity contribution in [1.82, 2.24) is 5.32 Å². The third kappa shape index (κ3) is 1.08. The fraction of sp³-hybridized carbons (Fsp3) is 1.00. The van der Waals surface area contributed by atoms with Gasteiger partial charge in [0.1, 0.15) is 0 Å². The van der Waals surface area contributed by atoms with Crippen LogP contribution >= 0.6 is 12.4 Å². The van der Waals surface area contributed by atoms with Crippen molar-refractivity contribution in [1.29, 1.82) is 0 Å². The van der Waals surface area contributed by atoms with E-state index >= 15 is 0 Å². The molecule has 9 heavy (non-hydrogen) atoms. The summed E-state index contributed by atoms with van der Waals surface area (Å²) in [5.74, 6) is 0. The molecule has 0 aromatic heterocycles. The summed E-state index contributed by atoms with van der Waals surface area (Å²) in [5.41, 5.74) is 0.667. The lowest BCUT2D eigenvalue weighted by Gasteiger charge is -2.39. The lowest BCUT2D eigenvalue weighted by Crippen LogP contribution is -2.54. The molecule has 2 fully saturated rings. The zero-order valence-corrected chi connectivity index (χ0v) is 6.47. The van der Waals surface area contributed by atoms with Gasteiger partial charge in [-0.15, -0.1) is 12.4 Å². The Hall–Kier alpha value is 0.250. The fourth-order valence-corrected chi connectivity index (χ4v) is 1.96. The molecule has 1 aliphatic heterocycles. The predicted molar refractivity (Wildman–Crippen MR) is 41.1 cm³/mol. The van der Waals surface area contributed by atoms with Gasteiger partial charge in [-0.3, -0.25) is 0 Å². The Labute approximate surface area is 62.6 Å². The molecule has 1 nitrogen and oxygen atoms in total. The second-order valence-corrected chi connectivity index (χ2v) is 3.16. The molecule has 0 unspecified atom stereocenters. The minimum atomic E-state index is 0. The van der Waals surface area contributed by atoms with Crippen LogP contribution in [0.1, 0.15) is 32.1 Å². The Morgan fingerprint density at radius 2 is 1.56 bits per heavy atom. The number of rotatable bonds is 0. The molecule has 2 aliphatic rings. The molecule has 0 aromatic rings. The van der Waals surface area contributed by atoms with Crippen LogP contribution in [-0.2, 0) is 0 Å². The van der Waals surface area contributed by atoms with Crippen LogP contribution in [0.5, 0.6) is 0 Å². The maximum atomic E-state index is 3.52. The zero-order valence-electron chi connectivity index (χ0n) is 5.65. The third-order valence-electron chi connectivity index (χ3n) is 2.66. The summed E-state index contributed by atoms with van der Waals surface area (Å²) < 4.78 is 0. The van der Waals surface area contributed by atoms with Gasteiger partial charge in [0.05, 0.1) is 0 Å². The van der Waals surface area contributed by atoms with Gasteiger partial charge in [0.15, 0.2) is 0 Å². The van der Waals surface area contributed by atoms with E-state index in [9.17, 15) is 0 Å². The van der Waals surface area contributed by atoms with Gasteiger partial charge in [-0.05, 0) is 25.8 Å². The first-order chi connectivity index (χ1) is 3.91. The second-order valence-electron chi connectivity index (χ2n) is 3.16. The predicted octanol–water partition coefficient (Wildman–Crippen LogP) is 1.71. The van der Waals surface area contributed by atoms with Crippen molar-refractivity contribution >= 4 is 12.4 Å². The van der Waals surface area contributed by atoms with E-state index in [4.69, 9.17) is 0 Å². The van der Waals surface area contributed by atoms with Crippen LogP contribution < -0.4 is 5.32 Å². The highest BCUT2D eigenvalue weighted by atomic mass is 35.5. The quantitative estimate of drug-likeness (QED) is 0.550. The first kappa shape index (κ1) is 7.36. The largest absolute Gasteiger partial charge is 0.311 e. The number of halogens is 1. The molecule has 54 valence electrons. The fourth-order valence-electron chi connectivity index (χ4n) is 1.96. The van der Waals surface area contributed by atoms with Crippen LogP contribution in [-0.4, -0.2) is 12.1 Å². The van der Waals surface area contributed by atoms with E-state index in [0.29, 0.717) is 5.54 Å². The van der Waals surface area contributed by atoms with Gasteiger partial charge < -0.3 is 5.32 Å². The molecule has 1 N–H and O–H groups in total. The van der Waals surface area contributed by atoms with Crippen LogP contribution in [0.15, 0.2) is 0 Å². The Bertz CT molecular complexity index is 91.1. The van der Waals surface area contributed by atoms with Crippen molar-refractivity contribution in [3.8, 4) is 0 Å². The Kier molecular flexibility index (Phi) is 2.02. The normalized spacial score (nSPS) is 29.3. The van der Waals surface area contributed by atoms with Crippen LogP contribution in [0.25, 0.3) is 0 Å². The van der Waals surface area contributed by atoms with Crippen LogP contribution in [0.2, 0.25) is 0 Å². The molecule has 2 rings (SSSR count). The van der Waals surface area contributed by atoms with Gasteiger partial charge in [0.2, 0.25) is 0 Å². The first-order valence-corrected chi connectivity index (χ1v) is 3.66. The average molecular weight is 148 g/mol. The summed E-state index contributed by atoms with van der Waals surface area (Å²) in [6.45, 7) is 1.28. The van der Waals surface area contributed by atoms with Gasteiger partial charge in [-0.2, -0.15) is 0 Å². The van der Waals surface area contributed by atoms with E-state index in [0.717, 1.165) is 0 Å². The Balaban J connectivity index is 0.000000405. The van der Waals surface area contributed by atoms with E-state index < -0.39 is 0 Å². The van der Waals surface area contributed by atoms with E-state index in [1.807, 2.05) is 0 Å². The second kappa shape index (κ2) is 2.47. The lowest BCUT2D eigenvalue weighted by molar-refractivity contribution is 0.215. The van der Waals surface area contributed by atoms with Crippen molar-refractivity contribution < 1.29 is 0 Å². The molecule has 0 atom stereocenters. The SMILES string of the molecule is C1CCC2(C1)CCN2.Cl. The van der Waals surface area contributed by atoms with Crippen molar-refractivity contribution in [2.45, 2.75) is 37.6 Å². The Morgan fingerprint density at radius 1 is 1.00 bits per heavy atom. The highest BCUT2D eigenvalue weighted by molar-refractivity contribution is 5.85. The molecule has 1 spiro atoms. The topological polar surface area (TPSA) is 12.0 Å². The summed E-state index contributed by atoms with van der Waals surface area (Å²) in [5, 5.41) is 3.52. The maximum Gasteiger partial charge on any atom is 0.0193 e. The molecule has 0 amide bonds. The highest BCUT2D eigenvalue weighted by Crippen LogP contribution is 2.36. The van der Waals surface area contributed by atoms with Gasteiger partial charge in [-0.25, -0.2) is 0 Å². The van der Waals surface area contributed by atoms with Crippen LogP contribution in [0, 0.1) is 0 Å². The van der Waals surface area contributed by atoms with Gasteiger partial charge in [-0.1, -0.05) is 12.8 Å². The standard InChI is InChI=1S/C7H13N.ClH/c1-2-4-7(3-1)5-6-8-7;/h8H,1-6H2;1H. The minimum Gasteiger partial charge on any atom is -0.311 e. The summed E-state index contributed by atoms with van der Waals surface area (Å²) in [4.78, 5) is 0. The zero-order chi connectivity index (χ0) is 5.45. The maximum absolute atomic E-state index is 3.52. The van der Waals surface area contributed by atoms with E-state index in [2.05, 4.69) is 5.32 Å². The molecule has 1 heterocycles. The molecule has 0 bridgehead atoms. The van der Waals surface area contributed by atoms with E-state index in [1.165, 1.54) is 38.6 Å². The summed E-state index contributed by atoms with van der Waals surface area (Å²) in [6, 6.07) is 0. The first-order valence-electron chi connectivity index (χ1n) is 3.66. The van der Waals surface area contributed by atoms with Crippen molar-refractivity contribution in [2.24, 2.45) is 0 Å². The number of nitrogens with one attached hydrogen (secondary N) is 1. The molecular weight excluding hydrogens is 134 g/mol. The minimum absolute atomic E-state index is 0. The molecule has 1 aliphatic carbocycles. The van der Waals surface area contributed by atoms with Gasteiger partial charge in [0, 0.05) is 5.54 Å². The monoisotopic (exact) mass is 147 g/mol. The molecule has 1 saturated carbocycles. The summed E-state index contributed by atoms with van der Waals surface area (Å²) in [7, 11) is 0. The highest BCUT2D eigenvalue weighted by Gasteiger charge is 2.38. The Morgan fingerprint density at radius 3 is 1.78 bits per heavy atom. The summed E-state index contributed by atoms with van der Waals surface area (Å²) in [6.07, 6.45) is 7.28. The molecule has 2 heteroatoms. The lowest BCUT2D eigenvalue weighted by atomic mass is 9.86. The van der Waals surface area contributed by atoms with E-state index in [-0.39, 0.29) is 12.4 Å². The van der Waals surface area contributed by atoms with Crippen LogP contribution in [0.3, 0.4) is 0 Å². The van der Waals surface area contributed by atoms with Crippen molar-refractivity contribution in [3.63, 3.8) is 0 Å². The van der Waals surface area contributed by atoms with Gasteiger partial charge >= 0.3 is 0 Å². The van der Waals surface area contributed by atoms with Crippen LogP contribution in [0.4, 0.5) is 0 Å². The van der Waals surface area contributed by atoms with Crippen molar-refractivity contribution in [3.05, 3.63) is 0 Å².